The highest BCUT2D eigenvalue weighted by molar-refractivity contribution is 7.92. The molecule has 1 aliphatic heterocycles. The summed E-state index contributed by atoms with van der Waals surface area (Å²) in [5.74, 6) is 0.904. The number of rotatable bonds is 4. The standard InChI is InChI=1S/C14H13ClN4O4S/c15-14-17-6-5-12(19-14)18-10-4-2-1-3-9(10)11-7-23-13(8-22-11)24(16,20)21/h2,4-8H,1,3H2,(H2,16,20,21)(H,17,18,19). The zero-order valence-corrected chi connectivity index (χ0v) is 13.8. The van der Waals surface area contributed by atoms with Crippen LogP contribution in [-0.2, 0) is 19.5 Å². The molecule has 0 unspecified atom stereocenters. The van der Waals surface area contributed by atoms with Crippen molar-refractivity contribution in [2.24, 2.45) is 5.14 Å². The molecule has 0 saturated carbocycles. The average Bonchev–Trinajstić information content (AvgIpc) is 2.55. The first-order chi connectivity index (χ1) is 11.4. The fourth-order valence-corrected chi connectivity index (χ4v) is 2.65. The van der Waals surface area contributed by atoms with Gasteiger partial charge in [-0.05, 0) is 36.6 Å². The predicted molar refractivity (Wildman–Crippen MR) is 87.5 cm³/mol. The summed E-state index contributed by atoms with van der Waals surface area (Å²) in [6.07, 6.45) is 9.05. The molecule has 1 aromatic heterocycles. The Morgan fingerprint density at radius 3 is 2.79 bits per heavy atom. The summed E-state index contributed by atoms with van der Waals surface area (Å²) in [5.41, 5.74) is 1.54. The molecule has 1 aromatic rings. The second kappa shape index (κ2) is 6.63. The lowest BCUT2D eigenvalue weighted by Gasteiger charge is -2.21. The van der Waals surface area contributed by atoms with Gasteiger partial charge in [0.25, 0.3) is 15.1 Å². The van der Waals surface area contributed by atoms with Crippen LogP contribution in [0.4, 0.5) is 5.82 Å². The van der Waals surface area contributed by atoms with Crippen LogP contribution in [0.1, 0.15) is 12.8 Å². The Kier molecular flexibility index (Phi) is 4.56. The first-order valence-electron chi connectivity index (χ1n) is 6.85. The second-order valence-electron chi connectivity index (χ2n) is 4.87. The van der Waals surface area contributed by atoms with Gasteiger partial charge < -0.3 is 14.8 Å². The minimum atomic E-state index is -3.95. The van der Waals surface area contributed by atoms with Gasteiger partial charge in [0, 0.05) is 17.5 Å². The number of hydrogen-bond donors (Lipinski definition) is 2. The van der Waals surface area contributed by atoms with E-state index in [2.05, 4.69) is 15.3 Å². The number of halogens is 1. The zero-order valence-electron chi connectivity index (χ0n) is 12.3. The molecule has 2 heterocycles. The van der Waals surface area contributed by atoms with Gasteiger partial charge in [0.2, 0.25) is 5.28 Å². The molecule has 0 saturated heterocycles. The number of allylic oxidation sites excluding steroid dienone is 3. The molecule has 126 valence electrons. The summed E-state index contributed by atoms with van der Waals surface area (Å²) in [6, 6.07) is 1.67. The number of primary sulfonamides is 1. The maximum absolute atomic E-state index is 11.2. The van der Waals surface area contributed by atoms with Crippen molar-refractivity contribution >= 4 is 27.4 Å². The monoisotopic (exact) mass is 368 g/mol. The first kappa shape index (κ1) is 16.5. The second-order valence-corrected chi connectivity index (χ2v) is 6.70. The highest BCUT2D eigenvalue weighted by atomic mass is 35.5. The van der Waals surface area contributed by atoms with Crippen molar-refractivity contribution in [2.45, 2.75) is 12.8 Å². The predicted octanol–water partition coefficient (Wildman–Crippen LogP) is 2.12. The van der Waals surface area contributed by atoms with Crippen LogP contribution in [0.2, 0.25) is 5.28 Å². The zero-order chi connectivity index (χ0) is 17.2. The molecule has 3 rings (SSSR count). The lowest BCUT2D eigenvalue weighted by Crippen LogP contribution is -2.18. The lowest BCUT2D eigenvalue weighted by atomic mass is 10.0. The summed E-state index contributed by atoms with van der Waals surface area (Å²) >= 11 is 5.78. The molecule has 0 fully saturated rings. The van der Waals surface area contributed by atoms with Gasteiger partial charge in [-0.3, -0.25) is 0 Å². The van der Waals surface area contributed by atoms with Crippen molar-refractivity contribution in [1.82, 2.24) is 9.97 Å². The van der Waals surface area contributed by atoms with Crippen LogP contribution >= 0.6 is 11.6 Å². The van der Waals surface area contributed by atoms with Crippen molar-refractivity contribution in [3.8, 4) is 0 Å². The van der Waals surface area contributed by atoms with Crippen LogP contribution in [-0.4, -0.2) is 18.4 Å². The Morgan fingerprint density at radius 2 is 2.12 bits per heavy atom. The van der Waals surface area contributed by atoms with Gasteiger partial charge in [0.05, 0.1) is 0 Å². The fourth-order valence-electron chi connectivity index (χ4n) is 2.13. The highest BCUT2D eigenvalue weighted by Gasteiger charge is 2.22. The summed E-state index contributed by atoms with van der Waals surface area (Å²) in [4.78, 5) is 7.89. The van der Waals surface area contributed by atoms with Crippen LogP contribution in [0.5, 0.6) is 0 Å². The first-order valence-corrected chi connectivity index (χ1v) is 8.78. The summed E-state index contributed by atoms with van der Waals surface area (Å²) in [5, 5.41) is 7.79. The van der Waals surface area contributed by atoms with E-state index in [1.807, 2.05) is 12.2 Å². The molecular weight excluding hydrogens is 356 g/mol. The molecule has 0 spiro atoms. The van der Waals surface area contributed by atoms with Crippen molar-refractivity contribution in [2.75, 3.05) is 5.32 Å². The van der Waals surface area contributed by atoms with Crippen LogP contribution in [0, 0.1) is 0 Å². The van der Waals surface area contributed by atoms with E-state index in [0.29, 0.717) is 18.0 Å². The van der Waals surface area contributed by atoms with Crippen LogP contribution in [0.25, 0.3) is 0 Å². The molecule has 0 amide bonds. The molecule has 2 aliphatic rings. The quantitative estimate of drug-likeness (QED) is 0.781. The van der Waals surface area contributed by atoms with E-state index in [0.717, 1.165) is 24.0 Å². The average molecular weight is 369 g/mol. The Bertz CT molecular complexity index is 890. The van der Waals surface area contributed by atoms with Crippen molar-refractivity contribution in [1.29, 1.82) is 0 Å². The molecule has 0 atom stereocenters. The maximum Gasteiger partial charge on any atom is 0.274 e. The van der Waals surface area contributed by atoms with Gasteiger partial charge in [0.15, 0.2) is 5.76 Å². The molecule has 3 N–H and O–H groups in total. The lowest BCUT2D eigenvalue weighted by molar-refractivity contribution is 0.250. The van der Waals surface area contributed by atoms with Crippen molar-refractivity contribution in [3.05, 3.63) is 64.3 Å². The van der Waals surface area contributed by atoms with E-state index in [4.69, 9.17) is 26.2 Å². The minimum absolute atomic E-state index is 0.124. The third kappa shape index (κ3) is 3.75. The number of hydrogen-bond acceptors (Lipinski definition) is 7. The number of nitrogens with one attached hydrogen (secondary N) is 1. The van der Waals surface area contributed by atoms with Gasteiger partial charge in [-0.1, -0.05) is 6.08 Å². The number of aromatic nitrogens is 2. The van der Waals surface area contributed by atoms with Crippen LogP contribution in [0.3, 0.4) is 0 Å². The van der Waals surface area contributed by atoms with Gasteiger partial charge >= 0.3 is 0 Å². The van der Waals surface area contributed by atoms with Gasteiger partial charge in [0.1, 0.15) is 18.3 Å². The number of anilines is 1. The van der Waals surface area contributed by atoms with E-state index in [1.165, 1.54) is 12.5 Å². The smallest absolute Gasteiger partial charge is 0.274 e. The number of nitrogens with two attached hydrogens (primary N) is 1. The molecule has 24 heavy (non-hydrogen) atoms. The molecule has 10 heteroatoms. The summed E-state index contributed by atoms with van der Waals surface area (Å²) in [7, 11) is -3.95. The number of sulfonamides is 1. The Balaban J connectivity index is 1.86. The SMILES string of the molecule is NS(=O)(=O)C1=COC(C2=C(Nc3ccnc(Cl)n3)C=CCC2)=CO1. The highest BCUT2D eigenvalue weighted by Crippen LogP contribution is 2.30. The van der Waals surface area contributed by atoms with Crippen molar-refractivity contribution in [3.63, 3.8) is 0 Å². The van der Waals surface area contributed by atoms with E-state index in [-0.39, 0.29) is 5.28 Å². The Hall–Kier alpha value is -2.36. The number of nitrogens with zero attached hydrogens (tertiary/aromatic N) is 2. The molecule has 0 aromatic carbocycles. The minimum Gasteiger partial charge on any atom is -0.457 e. The Morgan fingerprint density at radius 1 is 1.29 bits per heavy atom. The van der Waals surface area contributed by atoms with E-state index in [9.17, 15) is 8.42 Å². The van der Waals surface area contributed by atoms with E-state index < -0.39 is 15.1 Å². The van der Waals surface area contributed by atoms with E-state index >= 15 is 0 Å². The van der Waals surface area contributed by atoms with Crippen LogP contribution < -0.4 is 10.5 Å². The normalized spacial score (nSPS) is 17.6. The van der Waals surface area contributed by atoms with Gasteiger partial charge in [-0.15, -0.1) is 0 Å². The van der Waals surface area contributed by atoms with Crippen molar-refractivity contribution < 1.29 is 17.9 Å². The summed E-state index contributed by atoms with van der Waals surface area (Å²) < 4.78 is 32.9. The fraction of sp³-hybridized carbons (Fsp3) is 0.143. The van der Waals surface area contributed by atoms with Crippen LogP contribution in [0.15, 0.2) is 59.1 Å². The largest absolute Gasteiger partial charge is 0.457 e. The van der Waals surface area contributed by atoms with Gasteiger partial charge in [-0.2, -0.15) is 0 Å². The molecule has 8 nitrogen and oxygen atoms in total. The third-order valence-electron chi connectivity index (χ3n) is 3.20. The third-order valence-corrected chi connectivity index (χ3v) is 4.14. The van der Waals surface area contributed by atoms with Gasteiger partial charge in [-0.25, -0.2) is 23.5 Å². The number of ether oxygens (including phenoxy) is 2. The maximum atomic E-state index is 11.2. The molecule has 0 bridgehead atoms. The molecular formula is C14H13ClN4O4S. The Labute approximate surface area is 143 Å². The topological polar surface area (TPSA) is 116 Å². The molecule has 1 aliphatic carbocycles. The molecule has 0 radical (unpaired) electrons. The summed E-state index contributed by atoms with van der Waals surface area (Å²) in [6.45, 7) is 0. The van der Waals surface area contributed by atoms with E-state index in [1.54, 1.807) is 6.07 Å².